The lowest BCUT2D eigenvalue weighted by atomic mass is 9.79. The second-order valence-electron chi connectivity index (χ2n) is 6.32. The van der Waals surface area contributed by atoms with Crippen molar-refractivity contribution in [3.05, 3.63) is 59.4 Å². The second kappa shape index (κ2) is 6.15. The summed E-state index contributed by atoms with van der Waals surface area (Å²) in [5.74, 6) is -1.09. The Morgan fingerprint density at radius 1 is 0.773 bits per heavy atom. The molecule has 0 nitrogen and oxygen atoms in total. The van der Waals surface area contributed by atoms with Crippen LogP contribution >= 0.6 is 0 Å². The largest absolute Gasteiger partial charge is 0.206 e. The summed E-state index contributed by atoms with van der Waals surface area (Å²) >= 11 is 0. The van der Waals surface area contributed by atoms with Crippen LogP contribution in [0.4, 0.5) is 13.2 Å². The fourth-order valence-corrected chi connectivity index (χ4v) is 3.28. The zero-order valence-corrected chi connectivity index (χ0v) is 12.6. The maximum absolute atomic E-state index is 14.4. The van der Waals surface area contributed by atoms with Gasteiger partial charge in [0, 0.05) is 5.56 Å². The summed E-state index contributed by atoms with van der Waals surface area (Å²) in [4.78, 5) is 0. The molecule has 0 atom stereocenters. The van der Waals surface area contributed by atoms with Gasteiger partial charge in [-0.3, -0.25) is 0 Å². The Hall–Kier alpha value is -1.77. The molecular formula is C19H19F3. The summed E-state index contributed by atoms with van der Waals surface area (Å²) in [5, 5.41) is 0. The van der Waals surface area contributed by atoms with Crippen molar-refractivity contribution >= 4 is 0 Å². The normalized spacial score (nSPS) is 21.8. The molecule has 0 aromatic heterocycles. The SMILES string of the molecule is CC1CCC(c2ccc(-c3ccc(F)c(F)c3)c(F)c2)CC1. The summed E-state index contributed by atoms with van der Waals surface area (Å²) in [6.45, 7) is 2.25. The monoisotopic (exact) mass is 304 g/mol. The lowest BCUT2D eigenvalue weighted by Gasteiger charge is -2.26. The fourth-order valence-electron chi connectivity index (χ4n) is 3.28. The minimum Gasteiger partial charge on any atom is -0.206 e. The third-order valence-corrected chi connectivity index (χ3v) is 4.71. The molecule has 1 fully saturated rings. The van der Waals surface area contributed by atoms with Gasteiger partial charge in [0.15, 0.2) is 11.6 Å². The Labute approximate surface area is 129 Å². The first-order chi connectivity index (χ1) is 10.5. The van der Waals surface area contributed by atoms with Gasteiger partial charge in [-0.1, -0.05) is 38.0 Å². The van der Waals surface area contributed by atoms with Gasteiger partial charge >= 0.3 is 0 Å². The lowest BCUT2D eigenvalue weighted by molar-refractivity contribution is 0.347. The van der Waals surface area contributed by atoms with Crippen LogP contribution in [0.1, 0.15) is 44.1 Å². The molecule has 0 aliphatic heterocycles. The third kappa shape index (κ3) is 3.03. The van der Waals surface area contributed by atoms with E-state index in [1.807, 2.05) is 6.07 Å². The number of halogens is 3. The summed E-state index contributed by atoms with van der Waals surface area (Å²) < 4.78 is 40.7. The third-order valence-electron chi connectivity index (χ3n) is 4.71. The van der Waals surface area contributed by atoms with Crippen LogP contribution in [0.15, 0.2) is 36.4 Å². The fraction of sp³-hybridized carbons (Fsp3) is 0.368. The van der Waals surface area contributed by atoms with Crippen molar-refractivity contribution in [3.8, 4) is 11.1 Å². The van der Waals surface area contributed by atoms with Crippen LogP contribution in [0, 0.1) is 23.4 Å². The first kappa shape index (κ1) is 15.1. The van der Waals surface area contributed by atoms with Crippen LogP contribution < -0.4 is 0 Å². The van der Waals surface area contributed by atoms with Gasteiger partial charge in [0.2, 0.25) is 0 Å². The summed E-state index contributed by atoms with van der Waals surface area (Å²) in [7, 11) is 0. The summed E-state index contributed by atoms with van der Waals surface area (Å²) in [6.07, 6.45) is 4.53. The molecule has 1 aliphatic carbocycles. The van der Waals surface area contributed by atoms with Crippen LogP contribution in [0.25, 0.3) is 11.1 Å². The number of hydrogen-bond acceptors (Lipinski definition) is 0. The molecule has 0 bridgehead atoms. The van der Waals surface area contributed by atoms with Gasteiger partial charge in [-0.05, 0) is 54.0 Å². The Morgan fingerprint density at radius 2 is 1.50 bits per heavy atom. The van der Waals surface area contributed by atoms with Gasteiger partial charge in [-0.25, -0.2) is 13.2 Å². The molecule has 0 saturated heterocycles. The van der Waals surface area contributed by atoms with E-state index in [2.05, 4.69) is 6.92 Å². The van der Waals surface area contributed by atoms with E-state index in [0.717, 1.165) is 36.5 Å². The van der Waals surface area contributed by atoms with Gasteiger partial charge < -0.3 is 0 Å². The highest BCUT2D eigenvalue weighted by atomic mass is 19.2. The Balaban J connectivity index is 1.87. The minimum atomic E-state index is -0.956. The van der Waals surface area contributed by atoms with Crippen molar-refractivity contribution < 1.29 is 13.2 Å². The average molecular weight is 304 g/mol. The van der Waals surface area contributed by atoms with E-state index in [4.69, 9.17) is 0 Å². The standard InChI is InChI=1S/C19H19F3/c1-12-2-4-13(5-3-12)14-6-8-16(18(21)10-14)15-7-9-17(20)19(22)11-15/h6-13H,2-5H2,1H3. The number of benzene rings is 2. The second-order valence-corrected chi connectivity index (χ2v) is 6.32. The first-order valence-corrected chi connectivity index (χ1v) is 7.79. The van der Waals surface area contributed by atoms with Crippen LogP contribution in [0.3, 0.4) is 0 Å². The van der Waals surface area contributed by atoms with E-state index in [0.29, 0.717) is 17.0 Å². The average Bonchev–Trinajstić information content (AvgIpc) is 2.51. The first-order valence-electron chi connectivity index (χ1n) is 7.79. The van der Waals surface area contributed by atoms with Crippen molar-refractivity contribution in [3.63, 3.8) is 0 Å². The highest BCUT2D eigenvalue weighted by Gasteiger charge is 2.20. The zero-order chi connectivity index (χ0) is 15.7. The Kier molecular flexibility index (Phi) is 4.23. The maximum atomic E-state index is 14.4. The van der Waals surface area contributed by atoms with E-state index in [1.165, 1.54) is 18.9 Å². The van der Waals surface area contributed by atoms with Crippen LogP contribution in [-0.2, 0) is 0 Å². The Morgan fingerprint density at radius 3 is 2.14 bits per heavy atom. The van der Waals surface area contributed by atoms with Crippen LogP contribution in [0.2, 0.25) is 0 Å². The predicted molar refractivity (Wildman–Crippen MR) is 82.1 cm³/mol. The molecule has 0 amide bonds. The van der Waals surface area contributed by atoms with Gasteiger partial charge in [-0.2, -0.15) is 0 Å². The van der Waals surface area contributed by atoms with Crippen molar-refractivity contribution in [2.24, 2.45) is 5.92 Å². The van der Waals surface area contributed by atoms with Crippen molar-refractivity contribution in [1.29, 1.82) is 0 Å². The molecule has 3 heteroatoms. The van der Waals surface area contributed by atoms with E-state index < -0.39 is 11.6 Å². The highest BCUT2D eigenvalue weighted by molar-refractivity contribution is 5.64. The van der Waals surface area contributed by atoms with Gasteiger partial charge in [0.05, 0.1) is 0 Å². The smallest absolute Gasteiger partial charge is 0.159 e. The highest BCUT2D eigenvalue weighted by Crippen LogP contribution is 2.37. The van der Waals surface area contributed by atoms with E-state index >= 15 is 0 Å². The molecule has 1 aliphatic rings. The summed E-state index contributed by atoms with van der Waals surface area (Å²) in [6, 6.07) is 8.61. The molecular weight excluding hydrogens is 285 g/mol. The molecule has 1 saturated carbocycles. The molecule has 0 N–H and O–H groups in total. The van der Waals surface area contributed by atoms with Crippen molar-refractivity contribution in [2.75, 3.05) is 0 Å². The van der Waals surface area contributed by atoms with Crippen LogP contribution in [0.5, 0.6) is 0 Å². The van der Waals surface area contributed by atoms with E-state index in [1.54, 1.807) is 12.1 Å². The van der Waals surface area contributed by atoms with E-state index in [9.17, 15) is 13.2 Å². The lowest BCUT2D eigenvalue weighted by Crippen LogP contribution is -2.11. The van der Waals surface area contributed by atoms with E-state index in [-0.39, 0.29) is 5.82 Å². The molecule has 2 aromatic carbocycles. The zero-order valence-electron chi connectivity index (χ0n) is 12.6. The van der Waals surface area contributed by atoms with Gasteiger partial charge in [-0.15, -0.1) is 0 Å². The van der Waals surface area contributed by atoms with Crippen molar-refractivity contribution in [2.45, 2.75) is 38.5 Å². The maximum Gasteiger partial charge on any atom is 0.159 e. The quantitative estimate of drug-likeness (QED) is 0.632. The topological polar surface area (TPSA) is 0 Å². The summed E-state index contributed by atoms with van der Waals surface area (Å²) in [5.41, 5.74) is 1.68. The Bertz CT molecular complexity index is 670. The van der Waals surface area contributed by atoms with Crippen LogP contribution in [-0.4, -0.2) is 0 Å². The molecule has 0 spiro atoms. The van der Waals surface area contributed by atoms with Crippen molar-refractivity contribution in [1.82, 2.24) is 0 Å². The number of hydrogen-bond donors (Lipinski definition) is 0. The predicted octanol–water partition coefficient (Wildman–Crippen LogP) is 6.06. The van der Waals surface area contributed by atoms with Gasteiger partial charge in [0.25, 0.3) is 0 Å². The molecule has 0 unspecified atom stereocenters. The number of rotatable bonds is 2. The molecule has 2 aromatic rings. The molecule has 0 radical (unpaired) electrons. The minimum absolute atomic E-state index is 0.312. The molecule has 116 valence electrons. The molecule has 22 heavy (non-hydrogen) atoms. The van der Waals surface area contributed by atoms with Gasteiger partial charge in [0.1, 0.15) is 5.82 Å². The molecule has 0 heterocycles. The molecule has 3 rings (SSSR count).